The fourth-order valence-corrected chi connectivity index (χ4v) is 2.77. The fraction of sp³-hybridized carbons (Fsp3) is 0.0455. The predicted octanol–water partition coefficient (Wildman–Crippen LogP) is 6.34. The van der Waals surface area contributed by atoms with Crippen LogP contribution < -0.4 is 5.32 Å². The van der Waals surface area contributed by atoms with Gasteiger partial charge in [-0.25, -0.2) is 4.68 Å². The van der Waals surface area contributed by atoms with E-state index in [0.717, 1.165) is 28.6 Å². The first-order valence-corrected chi connectivity index (χ1v) is 8.75. The molecule has 0 aliphatic heterocycles. The van der Waals surface area contributed by atoms with Crippen LogP contribution >= 0.6 is 0 Å². The van der Waals surface area contributed by atoms with Gasteiger partial charge in [-0.2, -0.15) is 10.2 Å². The molecule has 5 nitrogen and oxygen atoms in total. The van der Waals surface area contributed by atoms with Crippen molar-refractivity contribution in [2.45, 2.75) is 6.92 Å². The van der Waals surface area contributed by atoms with Crippen molar-refractivity contribution in [3.05, 3.63) is 96.7 Å². The number of rotatable bonds is 5. The monoisotopic (exact) mass is 353 g/mol. The molecule has 5 heteroatoms. The largest absolute Gasteiger partial charge is 0.338 e. The van der Waals surface area contributed by atoms with E-state index in [-0.39, 0.29) is 0 Å². The molecular weight excluding hydrogens is 334 g/mol. The zero-order valence-corrected chi connectivity index (χ0v) is 14.9. The molecule has 1 N–H and O–H groups in total. The Labute approximate surface area is 158 Å². The number of azo groups is 1. The van der Waals surface area contributed by atoms with Crippen molar-refractivity contribution in [2.24, 2.45) is 10.2 Å². The maximum absolute atomic E-state index is 4.69. The zero-order valence-electron chi connectivity index (χ0n) is 14.9. The van der Waals surface area contributed by atoms with Crippen molar-refractivity contribution in [1.29, 1.82) is 0 Å². The van der Waals surface area contributed by atoms with E-state index in [1.807, 2.05) is 103 Å². The third kappa shape index (κ3) is 3.77. The molecule has 132 valence electrons. The number of hydrogen-bond acceptors (Lipinski definition) is 4. The van der Waals surface area contributed by atoms with Gasteiger partial charge in [-0.3, -0.25) is 0 Å². The number of para-hydroxylation sites is 2. The normalized spacial score (nSPS) is 11.0. The van der Waals surface area contributed by atoms with Gasteiger partial charge in [-0.15, -0.1) is 5.11 Å². The van der Waals surface area contributed by atoms with Crippen molar-refractivity contribution < 1.29 is 0 Å². The lowest BCUT2D eigenvalue weighted by Crippen LogP contribution is -2.02. The number of aromatic nitrogens is 2. The second-order valence-electron chi connectivity index (χ2n) is 6.06. The molecule has 0 saturated heterocycles. The lowest BCUT2D eigenvalue weighted by molar-refractivity contribution is 0.869. The molecule has 1 heterocycles. The maximum Gasteiger partial charge on any atom is 0.162 e. The van der Waals surface area contributed by atoms with Crippen LogP contribution in [-0.2, 0) is 0 Å². The van der Waals surface area contributed by atoms with Crippen LogP contribution in [0.4, 0.5) is 22.9 Å². The number of hydrogen-bond donors (Lipinski definition) is 1. The van der Waals surface area contributed by atoms with E-state index in [0.29, 0.717) is 5.69 Å². The third-order valence-corrected chi connectivity index (χ3v) is 4.09. The van der Waals surface area contributed by atoms with Crippen LogP contribution in [0.15, 0.2) is 101 Å². The lowest BCUT2D eigenvalue weighted by Gasteiger charge is -2.10. The highest BCUT2D eigenvalue weighted by atomic mass is 15.4. The maximum atomic E-state index is 4.69. The van der Waals surface area contributed by atoms with E-state index in [4.69, 9.17) is 0 Å². The summed E-state index contributed by atoms with van der Waals surface area (Å²) in [5.74, 6) is 0.782. The second kappa shape index (κ2) is 7.66. The standard InChI is InChI=1S/C22H19N5/c1-17-21(25-24-19-13-7-3-8-14-19)22(23-18-11-5-2-6-12-18)27(26-17)20-15-9-4-10-16-20/h2-16,23H,1H3. The zero-order chi connectivity index (χ0) is 18.5. The van der Waals surface area contributed by atoms with Crippen molar-refractivity contribution in [3.8, 4) is 5.69 Å². The highest BCUT2D eigenvalue weighted by molar-refractivity contribution is 5.72. The molecule has 4 rings (SSSR count). The van der Waals surface area contributed by atoms with E-state index in [1.54, 1.807) is 0 Å². The van der Waals surface area contributed by atoms with Crippen LogP contribution in [0.25, 0.3) is 5.69 Å². The van der Waals surface area contributed by atoms with Gasteiger partial charge in [0.1, 0.15) is 0 Å². The molecule has 0 saturated carbocycles. The quantitative estimate of drug-likeness (QED) is 0.426. The summed E-state index contributed by atoms with van der Waals surface area (Å²) in [5.41, 5.74) is 4.24. The first-order chi connectivity index (χ1) is 13.3. The molecule has 1 aromatic heterocycles. The van der Waals surface area contributed by atoms with Gasteiger partial charge >= 0.3 is 0 Å². The number of nitrogens with zero attached hydrogens (tertiary/aromatic N) is 4. The Morgan fingerprint density at radius 3 is 2.00 bits per heavy atom. The molecule has 3 aromatic carbocycles. The van der Waals surface area contributed by atoms with Gasteiger partial charge < -0.3 is 5.32 Å². The van der Waals surface area contributed by atoms with Gasteiger partial charge in [0.05, 0.1) is 17.1 Å². The molecule has 0 spiro atoms. The summed E-state index contributed by atoms with van der Waals surface area (Å²) in [7, 11) is 0. The number of benzene rings is 3. The average molecular weight is 353 g/mol. The van der Waals surface area contributed by atoms with E-state index in [2.05, 4.69) is 20.6 Å². The fourth-order valence-electron chi connectivity index (χ4n) is 2.77. The molecule has 0 aliphatic rings. The highest BCUT2D eigenvalue weighted by Crippen LogP contribution is 2.34. The van der Waals surface area contributed by atoms with Gasteiger partial charge in [0.25, 0.3) is 0 Å². The Morgan fingerprint density at radius 1 is 0.741 bits per heavy atom. The summed E-state index contributed by atoms with van der Waals surface area (Å²) >= 11 is 0. The topological polar surface area (TPSA) is 54.6 Å². The van der Waals surface area contributed by atoms with Crippen LogP contribution in [-0.4, -0.2) is 9.78 Å². The SMILES string of the molecule is Cc1nn(-c2ccccc2)c(Nc2ccccc2)c1N=Nc1ccccc1. The summed E-state index contributed by atoms with van der Waals surface area (Å²) in [6.07, 6.45) is 0. The summed E-state index contributed by atoms with van der Waals surface area (Å²) < 4.78 is 1.86. The predicted molar refractivity (Wildman–Crippen MR) is 109 cm³/mol. The summed E-state index contributed by atoms with van der Waals surface area (Å²) in [6.45, 7) is 1.94. The molecule has 0 aliphatic carbocycles. The smallest absolute Gasteiger partial charge is 0.162 e. The van der Waals surface area contributed by atoms with Crippen molar-refractivity contribution >= 4 is 22.9 Å². The van der Waals surface area contributed by atoms with Crippen molar-refractivity contribution in [1.82, 2.24) is 9.78 Å². The van der Waals surface area contributed by atoms with Crippen LogP contribution in [0.2, 0.25) is 0 Å². The Morgan fingerprint density at radius 2 is 1.33 bits per heavy atom. The van der Waals surface area contributed by atoms with Gasteiger partial charge in [-0.1, -0.05) is 54.6 Å². The molecule has 0 bridgehead atoms. The first-order valence-electron chi connectivity index (χ1n) is 8.75. The Balaban J connectivity index is 1.80. The lowest BCUT2D eigenvalue weighted by atomic mass is 10.3. The van der Waals surface area contributed by atoms with Crippen LogP contribution in [0.5, 0.6) is 0 Å². The Kier molecular flexibility index (Phi) is 4.74. The van der Waals surface area contributed by atoms with E-state index in [1.165, 1.54) is 0 Å². The van der Waals surface area contributed by atoms with Gasteiger partial charge in [0.2, 0.25) is 0 Å². The molecule has 0 amide bonds. The number of anilines is 2. The highest BCUT2D eigenvalue weighted by Gasteiger charge is 2.17. The van der Waals surface area contributed by atoms with Crippen molar-refractivity contribution in [3.63, 3.8) is 0 Å². The third-order valence-electron chi connectivity index (χ3n) is 4.09. The van der Waals surface area contributed by atoms with Crippen LogP contribution in [0.1, 0.15) is 5.69 Å². The second-order valence-corrected chi connectivity index (χ2v) is 6.06. The van der Waals surface area contributed by atoms with Gasteiger partial charge in [0, 0.05) is 5.69 Å². The minimum Gasteiger partial charge on any atom is -0.338 e. The summed E-state index contributed by atoms with van der Waals surface area (Å²) in [5, 5.41) is 17.0. The van der Waals surface area contributed by atoms with Crippen molar-refractivity contribution in [2.75, 3.05) is 5.32 Å². The minimum absolute atomic E-state index is 0.714. The molecule has 0 radical (unpaired) electrons. The Bertz CT molecular complexity index is 1040. The van der Waals surface area contributed by atoms with Gasteiger partial charge in [0.15, 0.2) is 11.5 Å². The first kappa shape index (κ1) is 16.7. The molecule has 4 aromatic rings. The van der Waals surface area contributed by atoms with E-state index >= 15 is 0 Å². The molecule has 0 atom stereocenters. The van der Waals surface area contributed by atoms with E-state index < -0.39 is 0 Å². The van der Waals surface area contributed by atoms with Gasteiger partial charge in [-0.05, 0) is 43.3 Å². The summed E-state index contributed by atoms with van der Waals surface area (Å²) in [6, 6.07) is 29.7. The Hall–Kier alpha value is -3.73. The minimum atomic E-state index is 0.714. The molecule has 0 fully saturated rings. The molecule has 27 heavy (non-hydrogen) atoms. The number of nitrogens with one attached hydrogen (secondary N) is 1. The molecule has 0 unspecified atom stereocenters. The summed E-state index contributed by atoms with van der Waals surface area (Å²) in [4.78, 5) is 0. The van der Waals surface area contributed by atoms with Crippen LogP contribution in [0, 0.1) is 6.92 Å². The number of aryl methyl sites for hydroxylation is 1. The van der Waals surface area contributed by atoms with Crippen LogP contribution in [0.3, 0.4) is 0 Å². The van der Waals surface area contributed by atoms with E-state index in [9.17, 15) is 0 Å². The molecular formula is C22H19N5. The average Bonchev–Trinajstić information content (AvgIpc) is 3.04.